The second kappa shape index (κ2) is 6.18. The Morgan fingerprint density at radius 2 is 2.15 bits per heavy atom. The molecule has 6 nitrogen and oxygen atoms in total. The topological polar surface area (TPSA) is 63.1 Å². The third kappa shape index (κ3) is 3.34. The van der Waals surface area contributed by atoms with Crippen LogP contribution in [0.25, 0.3) is 0 Å². The highest BCUT2D eigenvalue weighted by Crippen LogP contribution is 2.07. The van der Waals surface area contributed by atoms with E-state index in [1.165, 1.54) is 4.68 Å². The van der Waals surface area contributed by atoms with Crippen LogP contribution in [0.4, 0.5) is 11.5 Å². The molecule has 2 rings (SSSR count). The fraction of sp³-hybridized carbons (Fsp3) is 0.357. The van der Waals surface area contributed by atoms with Crippen LogP contribution in [-0.2, 0) is 6.54 Å². The van der Waals surface area contributed by atoms with Gasteiger partial charge in [-0.15, -0.1) is 0 Å². The molecule has 0 atom stereocenters. The lowest BCUT2D eigenvalue weighted by atomic mass is 10.3. The fourth-order valence-electron chi connectivity index (χ4n) is 1.79. The summed E-state index contributed by atoms with van der Waals surface area (Å²) in [7, 11) is 3.75. The zero-order valence-corrected chi connectivity index (χ0v) is 12.0. The summed E-state index contributed by atoms with van der Waals surface area (Å²) in [6.07, 6.45) is 1.68. The highest BCUT2D eigenvalue weighted by molar-refractivity contribution is 5.40. The Hall–Kier alpha value is -2.37. The van der Waals surface area contributed by atoms with Gasteiger partial charge in [-0.05, 0) is 19.1 Å². The van der Waals surface area contributed by atoms with E-state index in [1.807, 2.05) is 44.1 Å². The fourth-order valence-corrected chi connectivity index (χ4v) is 1.79. The molecular formula is C14H19N5O. The van der Waals surface area contributed by atoms with Crippen molar-refractivity contribution in [3.8, 4) is 0 Å². The van der Waals surface area contributed by atoms with Crippen LogP contribution in [0.3, 0.4) is 0 Å². The van der Waals surface area contributed by atoms with E-state index in [0.29, 0.717) is 6.54 Å². The summed E-state index contributed by atoms with van der Waals surface area (Å²) >= 11 is 0. The Balaban J connectivity index is 2.22. The Morgan fingerprint density at radius 1 is 1.35 bits per heavy atom. The van der Waals surface area contributed by atoms with Crippen LogP contribution in [0, 0.1) is 0 Å². The number of hydrogen-bond donors (Lipinski definition) is 1. The summed E-state index contributed by atoms with van der Waals surface area (Å²) in [5, 5.41) is 7.32. The van der Waals surface area contributed by atoms with Gasteiger partial charge in [0, 0.05) is 26.7 Å². The van der Waals surface area contributed by atoms with Gasteiger partial charge in [0.25, 0.3) is 5.56 Å². The summed E-state index contributed by atoms with van der Waals surface area (Å²) < 4.78 is 1.41. The maximum absolute atomic E-state index is 12.0. The number of anilines is 2. The minimum Gasteiger partial charge on any atom is -0.376 e. The van der Waals surface area contributed by atoms with E-state index in [2.05, 4.69) is 15.4 Å². The van der Waals surface area contributed by atoms with Crippen molar-refractivity contribution in [2.24, 2.45) is 0 Å². The maximum Gasteiger partial charge on any atom is 0.269 e. The molecule has 6 heteroatoms. The molecule has 0 bridgehead atoms. The third-order valence-corrected chi connectivity index (χ3v) is 2.85. The monoisotopic (exact) mass is 273 g/mol. The van der Waals surface area contributed by atoms with Crippen LogP contribution < -0.4 is 15.8 Å². The first-order chi connectivity index (χ1) is 9.60. The van der Waals surface area contributed by atoms with E-state index in [9.17, 15) is 4.79 Å². The molecule has 1 N–H and O–H groups in total. The molecule has 0 unspecified atom stereocenters. The summed E-state index contributed by atoms with van der Waals surface area (Å²) in [6.45, 7) is 3.19. The number of nitrogens with one attached hydrogen (secondary N) is 1. The Kier molecular flexibility index (Phi) is 4.34. The van der Waals surface area contributed by atoms with Gasteiger partial charge in [-0.3, -0.25) is 4.79 Å². The molecule has 0 aromatic carbocycles. The van der Waals surface area contributed by atoms with Crippen molar-refractivity contribution < 1.29 is 0 Å². The average molecular weight is 273 g/mol. The zero-order chi connectivity index (χ0) is 14.5. The molecule has 106 valence electrons. The number of hydrogen-bond acceptors (Lipinski definition) is 5. The first kappa shape index (κ1) is 14.0. The summed E-state index contributed by atoms with van der Waals surface area (Å²) in [4.78, 5) is 18.3. The van der Waals surface area contributed by atoms with Crippen LogP contribution in [-0.4, -0.2) is 35.4 Å². The van der Waals surface area contributed by atoms with Gasteiger partial charge in [-0.25, -0.2) is 9.67 Å². The van der Waals surface area contributed by atoms with Gasteiger partial charge in [-0.2, -0.15) is 5.10 Å². The van der Waals surface area contributed by atoms with Crippen molar-refractivity contribution >= 4 is 11.5 Å². The standard InChI is InChI=1S/C14H19N5O/c1-4-15-13-7-5-6-11(17-13)10-19-14(20)8-12(9-16-19)18(2)3/h5-9H,4,10H2,1-3H3,(H,15,17). The Bertz CT molecular complexity index is 635. The predicted octanol–water partition coefficient (Wildman–Crippen LogP) is 1.18. The van der Waals surface area contributed by atoms with Crippen LogP contribution in [0.2, 0.25) is 0 Å². The van der Waals surface area contributed by atoms with Crippen molar-refractivity contribution in [3.63, 3.8) is 0 Å². The predicted molar refractivity (Wildman–Crippen MR) is 80.3 cm³/mol. The smallest absolute Gasteiger partial charge is 0.269 e. The second-order valence-corrected chi connectivity index (χ2v) is 4.65. The molecule has 2 aromatic heterocycles. The average Bonchev–Trinajstić information content (AvgIpc) is 2.42. The number of pyridine rings is 1. The van der Waals surface area contributed by atoms with Gasteiger partial charge in [-0.1, -0.05) is 6.07 Å². The number of aromatic nitrogens is 3. The van der Waals surface area contributed by atoms with Crippen molar-refractivity contribution in [2.75, 3.05) is 30.9 Å². The van der Waals surface area contributed by atoms with Crippen molar-refractivity contribution in [2.45, 2.75) is 13.5 Å². The summed E-state index contributed by atoms with van der Waals surface area (Å²) in [5.41, 5.74) is 1.46. The minimum absolute atomic E-state index is 0.133. The van der Waals surface area contributed by atoms with E-state index in [4.69, 9.17) is 0 Å². The molecule has 2 aromatic rings. The van der Waals surface area contributed by atoms with Crippen LogP contribution in [0.15, 0.2) is 35.3 Å². The molecule has 0 aliphatic carbocycles. The maximum atomic E-state index is 12.0. The normalized spacial score (nSPS) is 10.3. The highest BCUT2D eigenvalue weighted by Gasteiger charge is 2.04. The summed E-state index contributed by atoms with van der Waals surface area (Å²) in [6, 6.07) is 7.27. The second-order valence-electron chi connectivity index (χ2n) is 4.65. The number of rotatable bonds is 5. The van der Waals surface area contributed by atoms with E-state index in [-0.39, 0.29) is 5.56 Å². The molecule has 0 aliphatic rings. The van der Waals surface area contributed by atoms with Crippen molar-refractivity contribution in [3.05, 3.63) is 46.5 Å². The van der Waals surface area contributed by atoms with Crippen molar-refractivity contribution in [1.82, 2.24) is 14.8 Å². The molecule has 0 radical (unpaired) electrons. The quantitative estimate of drug-likeness (QED) is 0.886. The molecule has 20 heavy (non-hydrogen) atoms. The molecule has 0 saturated carbocycles. The Morgan fingerprint density at radius 3 is 2.80 bits per heavy atom. The Labute approximate surface area is 118 Å². The van der Waals surface area contributed by atoms with Crippen LogP contribution in [0.5, 0.6) is 0 Å². The van der Waals surface area contributed by atoms with E-state index >= 15 is 0 Å². The van der Waals surface area contributed by atoms with Gasteiger partial charge in [0.05, 0.1) is 24.1 Å². The largest absolute Gasteiger partial charge is 0.376 e. The van der Waals surface area contributed by atoms with Gasteiger partial charge >= 0.3 is 0 Å². The van der Waals surface area contributed by atoms with Gasteiger partial charge in [0.15, 0.2) is 0 Å². The number of nitrogens with zero attached hydrogens (tertiary/aromatic N) is 4. The lowest BCUT2D eigenvalue weighted by molar-refractivity contribution is 0.627. The minimum atomic E-state index is -0.133. The lowest BCUT2D eigenvalue weighted by Gasteiger charge is -2.12. The lowest BCUT2D eigenvalue weighted by Crippen LogP contribution is -2.25. The molecule has 2 heterocycles. The molecule has 0 amide bonds. The first-order valence-corrected chi connectivity index (χ1v) is 6.54. The summed E-state index contributed by atoms with van der Waals surface area (Å²) in [5.74, 6) is 0.808. The van der Waals surface area contributed by atoms with Crippen molar-refractivity contribution in [1.29, 1.82) is 0 Å². The molecule has 0 fully saturated rings. The van der Waals surface area contributed by atoms with E-state index in [1.54, 1.807) is 12.3 Å². The SMILES string of the molecule is CCNc1cccc(Cn2ncc(N(C)C)cc2=O)n1. The van der Waals surface area contributed by atoms with E-state index in [0.717, 1.165) is 23.7 Å². The third-order valence-electron chi connectivity index (χ3n) is 2.85. The van der Waals surface area contributed by atoms with E-state index < -0.39 is 0 Å². The van der Waals surface area contributed by atoms with Crippen LogP contribution in [0.1, 0.15) is 12.6 Å². The zero-order valence-electron chi connectivity index (χ0n) is 12.0. The van der Waals surface area contributed by atoms with Gasteiger partial charge in [0.1, 0.15) is 5.82 Å². The highest BCUT2D eigenvalue weighted by atomic mass is 16.1. The molecule has 0 aliphatic heterocycles. The molecular weight excluding hydrogens is 254 g/mol. The molecule has 0 spiro atoms. The first-order valence-electron chi connectivity index (χ1n) is 6.54. The van der Waals surface area contributed by atoms with Crippen LogP contribution >= 0.6 is 0 Å². The van der Waals surface area contributed by atoms with Gasteiger partial charge < -0.3 is 10.2 Å². The molecule has 0 saturated heterocycles. The van der Waals surface area contributed by atoms with Gasteiger partial charge in [0.2, 0.25) is 0 Å².